The zero-order valence-electron chi connectivity index (χ0n) is 18.1. The Hall–Kier alpha value is -1.66. The second kappa shape index (κ2) is 18.4. The van der Waals surface area contributed by atoms with Crippen LogP contribution in [0.3, 0.4) is 0 Å². The van der Waals surface area contributed by atoms with Crippen molar-refractivity contribution >= 4 is 11.9 Å². The fraction of sp³-hybridized carbons (Fsp3) is 0.739. The summed E-state index contributed by atoms with van der Waals surface area (Å²) in [5, 5.41) is 27.7. The lowest BCUT2D eigenvalue weighted by Gasteiger charge is -2.19. The van der Waals surface area contributed by atoms with E-state index in [-0.39, 0.29) is 12.0 Å². The monoisotopic (exact) mass is 412 g/mol. The first kappa shape index (κ1) is 27.3. The lowest BCUT2D eigenvalue weighted by molar-refractivity contribution is -0.153. The number of esters is 1. The number of carbonyl (C=O) groups is 2. The average molecular weight is 413 g/mol. The van der Waals surface area contributed by atoms with Gasteiger partial charge in [-0.15, -0.1) is 0 Å². The summed E-state index contributed by atoms with van der Waals surface area (Å²) in [7, 11) is 0. The molecular weight excluding hydrogens is 372 g/mol. The molecule has 0 spiro atoms. The number of hydrogen-bond acceptors (Lipinski definition) is 5. The number of hydrogen-bond donors (Lipinski definition) is 3. The van der Waals surface area contributed by atoms with Crippen LogP contribution in [0.2, 0.25) is 0 Å². The number of aliphatic hydroxyl groups excluding tert-OH is 2. The Morgan fingerprint density at radius 1 is 0.931 bits per heavy atom. The molecule has 3 N–H and O–H groups in total. The molecule has 0 saturated heterocycles. The molecule has 0 rings (SSSR count). The number of allylic oxidation sites excluding steroid dienone is 2. The fourth-order valence-electron chi connectivity index (χ4n) is 2.84. The number of carboxylic acid groups (broad SMARTS) is 1. The van der Waals surface area contributed by atoms with Crippen LogP contribution in [0.5, 0.6) is 0 Å². The molecule has 0 heterocycles. The van der Waals surface area contributed by atoms with Crippen molar-refractivity contribution in [1.29, 1.82) is 0 Å². The van der Waals surface area contributed by atoms with Gasteiger partial charge in [-0.25, -0.2) is 4.79 Å². The van der Waals surface area contributed by atoms with Crippen molar-refractivity contribution < 1.29 is 29.6 Å². The lowest BCUT2D eigenvalue weighted by Crippen LogP contribution is -2.33. The number of carboxylic acids is 1. The first-order valence-electron chi connectivity index (χ1n) is 11.0. The Bertz CT molecular complexity index is 498. The molecule has 0 aromatic heterocycles. The van der Waals surface area contributed by atoms with E-state index in [1.807, 2.05) is 0 Å². The van der Waals surface area contributed by atoms with Gasteiger partial charge in [0.1, 0.15) is 12.2 Å². The molecule has 6 heteroatoms. The van der Waals surface area contributed by atoms with Gasteiger partial charge in [-0.2, -0.15) is 0 Å². The molecule has 0 aromatic rings. The van der Waals surface area contributed by atoms with E-state index in [1.54, 1.807) is 0 Å². The predicted octanol–water partition coefficient (Wildman–Crippen LogP) is 4.54. The molecule has 0 aromatic carbocycles. The predicted molar refractivity (Wildman–Crippen MR) is 115 cm³/mol. The van der Waals surface area contributed by atoms with E-state index in [4.69, 9.17) is 14.9 Å². The van der Waals surface area contributed by atoms with Crippen LogP contribution >= 0.6 is 0 Å². The molecular formula is C23H40O6. The first-order chi connectivity index (χ1) is 13.9. The minimum absolute atomic E-state index is 0.0506. The van der Waals surface area contributed by atoms with Crippen LogP contribution in [0.1, 0.15) is 90.9 Å². The highest BCUT2D eigenvalue weighted by Crippen LogP contribution is 2.12. The van der Waals surface area contributed by atoms with E-state index < -0.39 is 30.8 Å². The summed E-state index contributed by atoms with van der Waals surface area (Å²) in [5.41, 5.74) is -0.0506. The van der Waals surface area contributed by atoms with Crippen molar-refractivity contribution in [2.24, 2.45) is 0 Å². The van der Waals surface area contributed by atoms with Gasteiger partial charge in [0.25, 0.3) is 0 Å². The molecule has 0 aliphatic heterocycles. The van der Waals surface area contributed by atoms with Crippen molar-refractivity contribution in [3.05, 3.63) is 23.8 Å². The van der Waals surface area contributed by atoms with Crippen LogP contribution in [-0.2, 0) is 14.3 Å². The fourth-order valence-corrected chi connectivity index (χ4v) is 2.84. The maximum absolute atomic E-state index is 11.9. The van der Waals surface area contributed by atoms with Gasteiger partial charge in [0.2, 0.25) is 0 Å². The molecule has 6 nitrogen and oxygen atoms in total. The minimum atomic E-state index is -1.34. The van der Waals surface area contributed by atoms with Gasteiger partial charge in [0.15, 0.2) is 0 Å². The maximum Gasteiger partial charge on any atom is 0.331 e. The highest BCUT2D eigenvalue weighted by atomic mass is 16.6. The Morgan fingerprint density at radius 2 is 1.48 bits per heavy atom. The van der Waals surface area contributed by atoms with E-state index >= 15 is 0 Å². The number of carbonyl (C=O) groups excluding carboxylic acids is 1. The summed E-state index contributed by atoms with van der Waals surface area (Å²) >= 11 is 0. The standard InChI is InChI=1S/C23H40O6/c1-3-4-5-6-7-8-9-10-11-12-13-14-15-16-22(26)29-21(20(25)18-24)17-19(2)23(27)28/h8-9,17,20-21,24-25H,3-7,10-16,18H2,1-2H3,(H,27,28). The van der Waals surface area contributed by atoms with Gasteiger partial charge in [-0.3, -0.25) is 4.79 Å². The third-order valence-electron chi connectivity index (χ3n) is 4.73. The summed E-state index contributed by atoms with van der Waals surface area (Å²) in [4.78, 5) is 22.8. The number of unbranched alkanes of at least 4 members (excludes halogenated alkanes) is 9. The molecule has 2 unspecified atom stereocenters. The molecule has 0 fully saturated rings. The van der Waals surface area contributed by atoms with Gasteiger partial charge in [-0.1, -0.05) is 57.6 Å². The topological polar surface area (TPSA) is 104 Å². The summed E-state index contributed by atoms with van der Waals surface area (Å²) in [5.74, 6) is -1.66. The smallest absolute Gasteiger partial charge is 0.331 e. The molecule has 0 radical (unpaired) electrons. The van der Waals surface area contributed by atoms with Crippen LogP contribution in [0.15, 0.2) is 23.8 Å². The van der Waals surface area contributed by atoms with Crippen molar-refractivity contribution in [2.75, 3.05) is 6.61 Å². The van der Waals surface area contributed by atoms with E-state index in [0.29, 0.717) is 6.42 Å². The third kappa shape index (κ3) is 15.9. The molecule has 0 aliphatic carbocycles. The third-order valence-corrected chi connectivity index (χ3v) is 4.73. The van der Waals surface area contributed by atoms with Gasteiger partial charge in [0, 0.05) is 12.0 Å². The average Bonchev–Trinajstić information content (AvgIpc) is 2.70. The van der Waals surface area contributed by atoms with Gasteiger partial charge >= 0.3 is 11.9 Å². The summed E-state index contributed by atoms with van der Waals surface area (Å²) in [6, 6.07) is 0. The molecule has 0 bridgehead atoms. The second-order valence-electron chi connectivity index (χ2n) is 7.49. The quantitative estimate of drug-likeness (QED) is 0.132. The highest BCUT2D eigenvalue weighted by molar-refractivity contribution is 5.86. The Balaban J connectivity index is 3.88. The number of ether oxygens (including phenoxy) is 1. The lowest BCUT2D eigenvalue weighted by atomic mass is 10.1. The minimum Gasteiger partial charge on any atom is -0.478 e. The Morgan fingerprint density at radius 3 is 2.03 bits per heavy atom. The van der Waals surface area contributed by atoms with Crippen molar-refractivity contribution in [3.8, 4) is 0 Å². The van der Waals surface area contributed by atoms with Crippen LogP contribution in [-0.4, -0.2) is 46.1 Å². The largest absolute Gasteiger partial charge is 0.478 e. The van der Waals surface area contributed by atoms with Crippen LogP contribution in [0.25, 0.3) is 0 Å². The first-order valence-corrected chi connectivity index (χ1v) is 11.0. The zero-order chi connectivity index (χ0) is 21.9. The molecule has 0 aliphatic rings. The number of aliphatic hydroxyl groups is 2. The molecule has 168 valence electrons. The molecule has 29 heavy (non-hydrogen) atoms. The number of aliphatic carboxylic acids is 1. The molecule has 0 amide bonds. The number of rotatable bonds is 18. The van der Waals surface area contributed by atoms with Gasteiger partial charge in [-0.05, 0) is 45.1 Å². The summed E-state index contributed by atoms with van der Waals surface area (Å²) in [6.45, 7) is 2.95. The summed E-state index contributed by atoms with van der Waals surface area (Å²) < 4.78 is 5.13. The van der Waals surface area contributed by atoms with Gasteiger partial charge < -0.3 is 20.1 Å². The van der Waals surface area contributed by atoms with Crippen LogP contribution in [0, 0.1) is 0 Å². The second-order valence-corrected chi connectivity index (χ2v) is 7.49. The Kier molecular flexibility index (Phi) is 17.3. The van der Waals surface area contributed by atoms with E-state index in [1.165, 1.54) is 39.0 Å². The Labute approximate surface area is 175 Å². The van der Waals surface area contributed by atoms with Crippen LogP contribution < -0.4 is 0 Å². The van der Waals surface area contributed by atoms with E-state index in [0.717, 1.165) is 38.2 Å². The normalized spacial score (nSPS) is 14.1. The van der Waals surface area contributed by atoms with Crippen molar-refractivity contribution in [1.82, 2.24) is 0 Å². The maximum atomic E-state index is 11.9. The van der Waals surface area contributed by atoms with E-state index in [9.17, 15) is 14.7 Å². The molecule has 2 atom stereocenters. The highest BCUT2D eigenvalue weighted by Gasteiger charge is 2.21. The zero-order valence-corrected chi connectivity index (χ0v) is 18.1. The molecule has 0 saturated carbocycles. The van der Waals surface area contributed by atoms with Crippen molar-refractivity contribution in [2.45, 2.75) is 103 Å². The van der Waals surface area contributed by atoms with Crippen molar-refractivity contribution in [3.63, 3.8) is 0 Å². The SMILES string of the molecule is CCCCCCC=CCCCCCCCC(=O)OC(C=C(C)C(=O)O)C(O)CO. The van der Waals surface area contributed by atoms with E-state index in [2.05, 4.69) is 19.1 Å². The van der Waals surface area contributed by atoms with Crippen LogP contribution in [0.4, 0.5) is 0 Å². The van der Waals surface area contributed by atoms with Gasteiger partial charge in [0.05, 0.1) is 6.61 Å². The summed E-state index contributed by atoms with van der Waals surface area (Å²) in [6.07, 6.45) is 15.8.